The quantitative estimate of drug-likeness (QED) is 0.628. The van der Waals surface area contributed by atoms with E-state index in [1.807, 2.05) is 24.3 Å². The minimum atomic E-state index is -0.124. The highest BCUT2D eigenvalue weighted by Gasteiger charge is 2.10. The molecule has 0 aliphatic rings. The van der Waals surface area contributed by atoms with E-state index in [4.69, 9.17) is 11.6 Å². The molecule has 2 rings (SSSR count). The summed E-state index contributed by atoms with van der Waals surface area (Å²) in [6.45, 7) is 0. The van der Waals surface area contributed by atoms with Crippen molar-refractivity contribution in [1.29, 1.82) is 0 Å². The van der Waals surface area contributed by atoms with Crippen LogP contribution in [0, 0.1) is 0 Å². The van der Waals surface area contributed by atoms with Gasteiger partial charge < -0.3 is 0 Å². The number of benzene rings is 1. The first-order chi connectivity index (χ1) is 8.20. The van der Waals surface area contributed by atoms with Crippen LogP contribution in [0.5, 0.6) is 0 Å². The Morgan fingerprint density at radius 1 is 1.41 bits per heavy atom. The van der Waals surface area contributed by atoms with Crippen molar-refractivity contribution in [3.63, 3.8) is 0 Å². The Balaban J connectivity index is 2.17. The lowest BCUT2D eigenvalue weighted by Gasteiger charge is -2.00. The predicted octanol–water partition coefficient (Wildman–Crippen LogP) is 3.92. The Morgan fingerprint density at radius 2 is 2.18 bits per heavy atom. The highest BCUT2D eigenvalue weighted by molar-refractivity contribution is 9.10. The van der Waals surface area contributed by atoms with Gasteiger partial charge in [-0.2, -0.15) is 0 Å². The second-order valence-electron chi connectivity index (χ2n) is 3.45. The zero-order chi connectivity index (χ0) is 12.3. The van der Waals surface area contributed by atoms with Gasteiger partial charge in [-0.05, 0) is 11.6 Å². The zero-order valence-corrected chi connectivity index (χ0v) is 12.0. The molecular weight excluding hydrogens is 322 g/mol. The van der Waals surface area contributed by atoms with Gasteiger partial charge in [0.15, 0.2) is 5.78 Å². The van der Waals surface area contributed by atoms with Crippen molar-refractivity contribution >= 4 is 44.7 Å². The molecule has 0 aliphatic carbocycles. The van der Waals surface area contributed by atoms with E-state index >= 15 is 0 Å². The molecule has 0 radical (unpaired) electrons. The van der Waals surface area contributed by atoms with Crippen molar-refractivity contribution in [1.82, 2.24) is 4.98 Å². The second-order valence-corrected chi connectivity index (χ2v) is 5.52. The van der Waals surface area contributed by atoms with Gasteiger partial charge in [-0.3, -0.25) is 4.79 Å². The maximum atomic E-state index is 11.3. The molecule has 0 N–H and O–H groups in total. The van der Waals surface area contributed by atoms with E-state index in [0.29, 0.717) is 5.69 Å². The predicted molar refractivity (Wildman–Crippen MR) is 74.1 cm³/mol. The van der Waals surface area contributed by atoms with E-state index in [1.165, 1.54) is 11.3 Å². The fourth-order valence-electron chi connectivity index (χ4n) is 1.39. The lowest BCUT2D eigenvalue weighted by Crippen LogP contribution is -2.00. The summed E-state index contributed by atoms with van der Waals surface area (Å²) >= 11 is 10.5. The average Bonchev–Trinajstić information content (AvgIpc) is 2.80. The topological polar surface area (TPSA) is 30.0 Å². The minimum absolute atomic E-state index is 0.0157. The Kier molecular flexibility index (Phi) is 4.31. The highest BCUT2D eigenvalue weighted by Crippen LogP contribution is 2.21. The summed E-state index contributed by atoms with van der Waals surface area (Å²) in [7, 11) is 0. The number of carbonyl (C=O) groups is 1. The van der Waals surface area contributed by atoms with Crippen LogP contribution in [0.3, 0.4) is 0 Å². The number of carbonyl (C=O) groups excluding carboxylic acids is 1. The van der Waals surface area contributed by atoms with Gasteiger partial charge >= 0.3 is 0 Å². The number of nitrogens with zero attached hydrogens (tertiary/aromatic N) is 1. The maximum absolute atomic E-state index is 11.3. The third-order valence-electron chi connectivity index (χ3n) is 2.26. The van der Waals surface area contributed by atoms with Gasteiger partial charge in [0.1, 0.15) is 5.69 Å². The zero-order valence-electron chi connectivity index (χ0n) is 8.82. The fraction of sp³-hybridized carbons (Fsp3) is 0.167. The first kappa shape index (κ1) is 12.7. The highest BCUT2D eigenvalue weighted by atomic mass is 79.9. The van der Waals surface area contributed by atoms with E-state index in [1.54, 1.807) is 5.38 Å². The van der Waals surface area contributed by atoms with Gasteiger partial charge in [0, 0.05) is 16.3 Å². The summed E-state index contributed by atoms with van der Waals surface area (Å²) < 4.78 is 1.06. The number of hydrogen-bond donors (Lipinski definition) is 0. The van der Waals surface area contributed by atoms with Crippen molar-refractivity contribution in [2.75, 3.05) is 5.88 Å². The first-order valence-corrected chi connectivity index (χ1v) is 7.18. The van der Waals surface area contributed by atoms with Gasteiger partial charge in [0.05, 0.1) is 10.9 Å². The minimum Gasteiger partial charge on any atom is -0.291 e. The number of rotatable bonds is 4. The monoisotopic (exact) mass is 329 g/mol. The van der Waals surface area contributed by atoms with E-state index in [0.717, 1.165) is 21.5 Å². The van der Waals surface area contributed by atoms with E-state index < -0.39 is 0 Å². The van der Waals surface area contributed by atoms with Crippen LogP contribution in [-0.4, -0.2) is 16.6 Å². The summed E-state index contributed by atoms with van der Waals surface area (Å²) in [6, 6.07) is 7.98. The number of thiazole rings is 1. The number of Topliss-reactive ketones (excluding diaryl/α,β-unsaturated/α-hetero) is 1. The van der Waals surface area contributed by atoms with Crippen LogP contribution in [0.15, 0.2) is 34.1 Å². The van der Waals surface area contributed by atoms with Gasteiger partial charge in [-0.15, -0.1) is 22.9 Å². The van der Waals surface area contributed by atoms with Gasteiger partial charge in [0.2, 0.25) is 0 Å². The summed E-state index contributed by atoms with van der Waals surface area (Å²) in [5.74, 6) is -0.139. The van der Waals surface area contributed by atoms with Crippen molar-refractivity contribution in [3.8, 4) is 0 Å². The van der Waals surface area contributed by atoms with E-state index in [2.05, 4.69) is 20.9 Å². The number of alkyl halides is 1. The first-order valence-electron chi connectivity index (χ1n) is 4.97. The Labute approximate surface area is 117 Å². The van der Waals surface area contributed by atoms with Crippen molar-refractivity contribution < 1.29 is 4.79 Å². The van der Waals surface area contributed by atoms with Crippen molar-refractivity contribution in [3.05, 3.63) is 50.4 Å². The summed E-state index contributed by atoms with van der Waals surface area (Å²) in [6.07, 6.45) is 0.724. The molecule has 0 atom stereocenters. The molecule has 1 heterocycles. The Bertz CT molecular complexity index is 541. The van der Waals surface area contributed by atoms with Crippen LogP contribution in [0.25, 0.3) is 0 Å². The number of halogens is 2. The average molecular weight is 331 g/mol. The van der Waals surface area contributed by atoms with E-state index in [-0.39, 0.29) is 11.7 Å². The molecule has 0 fully saturated rings. The molecular formula is C12H9BrClNOS. The van der Waals surface area contributed by atoms with E-state index in [9.17, 15) is 4.79 Å². The normalized spacial score (nSPS) is 10.5. The molecule has 1 aromatic carbocycles. The molecule has 5 heteroatoms. The Hall–Kier alpha value is -0.710. The lowest BCUT2D eigenvalue weighted by atomic mass is 10.2. The SMILES string of the molecule is O=C(CCl)c1csc(Cc2ccccc2Br)n1. The third-order valence-corrected chi connectivity index (χ3v) is 4.12. The smallest absolute Gasteiger partial charge is 0.196 e. The van der Waals surface area contributed by atoms with Crippen molar-refractivity contribution in [2.24, 2.45) is 0 Å². The van der Waals surface area contributed by atoms with Crippen LogP contribution >= 0.6 is 38.9 Å². The standard InChI is InChI=1S/C12H9BrClNOS/c13-9-4-2-1-3-8(9)5-12-15-10(7-17-12)11(16)6-14/h1-4,7H,5-6H2. The number of hydrogen-bond acceptors (Lipinski definition) is 3. The second kappa shape index (κ2) is 5.76. The number of ketones is 1. The Morgan fingerprint density at radius 3 is 2.88 bits per heavy atom. The molecule has 0 aliphatic heterocycles. The maximum Gasteiger partial charge on any atom is 0.196 e. The molecule has 0 unspecified atom stereocenters. The molecule has 1 aromatic heterocycles. The van der Waals surface area contributed by atoms with Gasteiger partial charge in [-0.1, -0.05) is 34.1 Å². The molecule has 0 saturated heterocycles. The molecule has 0 bridgehead atoms. The molecule has 0 amide bonds. The largest absolute Gasteiger partial charge is 0.291 e. The van der Waals surface area contributed by atoms with Crippen LogP contribution < -0.4 is 0 Å². The summed E-state index contributed by atoms with van der Waals surface area (Å²) in [5, 5.41) is 2.68. The third kappa shape index (κ3) is 3.15. The van der Waals surface area contributed by atoms with Gasteiger partial charge in [-0.25, -0.2) is 4.98 Å². The van der Waals surface area contributed by atoms with Crippen LogP contribution in [0.2, 0.25) is 0 Å². The molecule has 88 valence electrons. The molecule has 0 saturated carbocycles. The lowest BCUT2D eigenvalue weighted by molar-refractivity contribution is 0.101. The molecule has 0 spiro atoms. The molecule has 17 heavy (non-hydrogen) atoms. The van der Waals surface area contributed by atoms with Crippen LogP contribution in [0.1, 0.15) is 21.1 Å². The van der Waals surface area contributed by atoms with Crippen LogP contribution in [-0.2, 0) is 6.42 Å². The fourth-order valence-corrected chi connectivity index (χ4v) is 2.78. The van der Waals surface area contributed by atoms with Crippen molar-refractivity contribution in [2.45, 2.75) is 6.42 Å². The molecule has 2 nitrogen and oxygen atoms in total. The summed E-state index contributed by atoms with van der Waals surface area (Å²) in [4.78, 5) is 15.6. The molecule has 2 aromatic rings. The van der Waals surface area contributed by atoms with Crippen LogP contribution in [0.4, 0.5) is 0 Å². The number of aromatic nitrogens is 1. The van der Waals surface area contributed by atoms with Gasteiger partial charge in [0.25, 0.3) is 0 Å². The summed E-state index contributed by atoms with van der Waals surface area (Å²) in [5.41, 5.74) is 1.62.